The molecule has 2 aromatic rings. The van der Waals surface area contributed by atoms with E-state index in [1.807, 2.05) is 6.07 Å². The summed E-state index contributed by atoms with van der Waals surface area (Å²) in [6.07, 6.45) is 2.27. The maximum absolute atomic E-state index is 9.64. The highest BCUT2D eigenvalue weighted by Gasteiger charge is 2.21. The molecule has 1 aliphatic heterocycles. The first-order chi connectivity index (χ1) is 10.9. The standard InChI is InChI=1S/C16H24N6O/c1-16(2,3)13-8-11(20-21-13)9-18-15-17-6-4-14(19-15)22-7-5-12(23)10-22/h4,6,8,12,23H,5,7,9-10H2,1-3H3,(H,20,21)(H,17,18,19)/t12-/m0/s1. The van der Waals surface area contributed by atoms with Crippen LogP contribution in [0.15, 0.2) is 18.3 Å². The number of rotatable bonds is 4. The van der Waals surface area contributed by atoms with Crippen molar-refractivity contribution in [2.45, 2.75) is 45.3 Å². The van der Waals surface area contributed by atoms with Crippen LogP contribution in [0.1, 0.15) is 38.6 Å². The molecule has 124 valence electrons. The molecule has 1 fully saturated rings. The zero-order valence-electron chi connectivity index (χ0n) is 13.9. The predicted molar refractivity (Wildman–Crippen MR) is 89.5 cm³/mol. The summed E-state index contributed by atoms with van der Waals surface area (Å²) in [5.74, 6) is 1.43. The summed E-state index contributed by atoms with van der Waals surface area (Å²) in [6.45, 7) is 8.46. The molecule has 3 N–H and O–H groups in total. The Hall–Kier alpha value is -2.15. The molecular formula is C16H24N6O. The number of aliphatic hydroxyl groups excluding tert-OH is 1. The van der Waals surface area contributed by atoms with E-state index in [1.54, 1.807) is 6.20 Å². The number of nitrogens with zero attached hydrogens (tertiary/aromatic N) is 4. The lowest BCUT2D eigenvalue weighted by molar-refractivity contribution is 0.198. The van der Waals surface area contributed by atoms with Gasteiger partial charge in [-0.05, 0) is 18.6 Å². The second-order valence-corrected chi connectivity index (χ2v) is 7.01. The molecule has 1 aliphatic rings. The van der Waals surface area contributed by atoms with Crippen molar-refractivity contribution in [3.63, 3.8) is 0 Å². The van der Waals surface area contributed by atoms with Gasteiger partial charge in [0.1, 0.15) is 5.82 Å². The van der Waals surface area contributed by atoms with Crippen LogP contribution >= 0.6 is 0 Å². The molecule has 7 heteroatoms. The van der Waals surface area contributed by atoms with Gasteiger partial charge in [-0.1, -0.05) is 20.8 Å². The normalized spacial score (nSPS) is 18.4. The highest BCUT2D eigenvalue weighted by Crippen LogP contribution is 2.21. The lowest BCUT2D eigenvalue weighted by Crippen LogP contribution is -2.22. The number of hydrogen-bond donors (Lipinski definition) is 3. The van der Waals surface area contributed by atoms with E-state index in [2.05, 4.69) is 57.2 Å². The van der Waals surface area contributed by atoms with E-state index >= 15 is 0 Å². The van der Waals surface area contributed by atoms with Crippen LogP contribution in [0.4, 0.5) is 11.8 Å². The van der Waals surface area contributed by atoms with Crippen molar-refractivity contribution in [3.8, 4) is 0 Å². The second-order valence-electron chi connectivity index (χ2n) is 7.01. The molecule has 0 bridgehead atoms. The summed E-state index contributed by atoms with van der Waals surface area (Å²) < 4.78 is 0. The summed E-state index contributed by atoms with van der Waals surface area (Å²) >= 11 is 0. The van der Waals surface area contributed by atoms with Gasteiger partial charge in [0.25, 0.3) is 0 Å². The Balaban J connectivity index is 1.63. The molecule has 0 aliphatic carbocycles. The van der Waals surface area contributed by atoms with Crippen molar-refractivity contribution in [2.75, 3.05) is 23.3 Å². The van der Waals surface area contributed by atoms with E-state index in [0.29, 0.717) is 19.0 Å². The number of H-pyrrole nitrogens is 1. The Morgan fingerprint density at radius 1 is 1.43 bits per heavy atom. The fourth-order valence-corrected chi connectivity index (χ4v) is 2.57. The largest absolute Gasteiger partial charge is 0.391 e. The Morgan fingerprint density at radius 3 is 2.91 bits per heavy atom. The van der Waals surface area contributed by atoms with E-state index in [9.17, 15) is 5.11 Å². The predicted octanol–water partition coefficient (Wildman–Crippen LogP) is 1.68. The molecule has 0 radical (unpaired) electrons. The summed E-state index contributed by atoms with van der Waals surface area (Å²) in [5.41, 5.74) is 2.07. The number of aromatic amines is 1. The minimum Gasteiger partial charge on any atom is -0.391 e. The third kappa shape index (κ3) is 3.79. The van der Waals surface area contributed by atoms with Crippen molar-refractivity contribution < 1.29 is 5.11 Å². The average Bonchev–Trinajstić information content (AvgIpc) is 3.14. The first-order valence-electron chi connectivity index (χ1n) is 7.96. The molecule has 3 heterocycles. The van der Waals surface area contributed by atoms with Gasteiger partial charge >= 0.3 is 0 Å². The van der Waals surface area contributed by atoms with E-state index in [4.69, 9.17) is 0 Å². The van der Waals surface area contributed by atoms with Crippen LogP contribution < -0.4 is 10.2 Å². The van der Waals surface area contributed by atoms with Crippen LogP contribution in [-0.4, -0.2) is 44.5 Å². The molecule has 0 amide bonds. The van der Waals surface area contributed by atoms with Crippen LogP contribution in [-0.2, 0) is 12.0 Å². The van der Waals surface area contributed by atoms with Crippen LogP contribution in [0.2, 0.25) is 0 Å². The summed E-state index contributed by atoms with van der Waals surface area (Å²) in [4.78, 5) is 10.8. The van der Waals surface area contributed by atoms with Crippen molar-refractivity contribution in [3.05, 3.63) is 29.7 Å². The average molecular weight is 316 g/mol. The molecule has 23 heavy (non-hydrogen) atoms. The molecule has 0 unspecified atom stereocenters. The Kier molecular flexibility index (Phi) is 4.21. The van der Waals surface area contributed by atoms with E-state index < -0.39 is 0 Å². The molecular weight excluding hydrogens is 292 g/mol. The van der Waals surface area contributed by atoms with Gasteiger partial charge in [0.2, 0.25) is 5.95 Å². The molecule has 0 spiro atoms. The van der Waals surface area contributed by atoms with Crippen molar-refractivity contribution in [2.24, 2.45) is 0 Å². The van der Waals surface area contributed by atoms with Crippen molar-refractivity contribution >= 4 is 11.8 Å². The quantitative estimate of drug-likeness (QED) is 0.795. The first-order valence-corrected chi connectivity index (χ1v) is 7.96. The maximum atomic E-state index is 9.64. The lowest BCUT2D eigenvalue weighted by atomic mass is 9.92. The van der Waals surface area contributed by atoms with Gasteiger partial charge in [-0.3, -0.25) is 5.10 Å². The van der Waals surface area contributed by atoms with Crippen LogP contribution in [0.25, 0.3) is 0 Å². The van der Waals surface area contributed by atoms with Gasteiger partial charge in [0.05, 0.1) is 24.0 Å². The summed E-state index contributed by atoms with van der Waals surface area (Å²) in [7, 11) is 0. The number of aliphatic hydroxyl groups is 1. The highest BCUT2D eigenvalue weighted by atomic mass is 16.3. The fraction of sp³-hybridized carbons (Fsp3) is 0.562. The lowest BCUT2D eigenvalue weighted by Gasteiger charge is -2.16. The van der Waals surface area contributed by atoms with E-state index in [-0.39, 0.29) is 11.5 Å². The van der Waals surface area contributed by atoms with E-state index in [0.717, 1.165) is 30.2 Å². The number of β-amino-alcohol motifs (C(OH)–C–C–N with tert-alkyl or cyclic N) is 1. The number of nitrogens with one attached hydrogen (secondary N) is 2. The molecule has 1 atom stereocenters. The van der Waals surface area contributed by atoms with Crippen molar-refractivity contribution in [1.82, 2.24) is 20.2 Å². The van der Waals surface area contributed by atoms with Gasteiger partial charge in [0, 0.05) is 24.7 Å². The molecule has 1 saturated heterocycles. The minimum atomic E-state index is -0.262. The summed E-state index contributed by atoms with van der Waals surface area (Å²) in [6, 6.07) is 3.94. The third-order valence-corrected chi connectivity index (χ3v) is 3.96. The molecule has 2 aromatic heterocycles. The van der Waals surface area contributed by atoms with Gasteiger partial charge in [-0.15, -0.1) is 0 Å². The molecule has 0 aromatic carbocycles. The van der Waals surface area contributed by atoms with Gasteiger partial charge in [-0.25, -0.2) is 4.98 Å². The Bertz CT molecular complexity index is 663. The molecule has 7 nitrogen and oxygen atoms in total. The van der Waals surface area contributed by atoms with E-state index in [1.165, 1.54) is 0 Å². The van der Waals surface area contributed by atoms with Gasteiger partial charge in [-0.2, -0.15) is 10.1 Å². The minimum absolute atomic E-state index is 0.0295. The zero-order chi connectivity index (χ0) is 16.4. The number of aromatic nitrogens is 4. The number of hydrogen-bond acceptors (Lipinski definition) is 6. The highest BCUT2D eigenvalue weighted by molar-refractivity contribution is 5.43. The smallest absolute Gasteiger partial charge is 0.224 e. The van der Waals surface area contributed by atoms with Crippen LogP contribution in [0, 0.1) is 0 Å². The second kappa shape index (κ2) is 6.16. The molecule has 3 rings (SSSR count). The first kappa shape index (κ1) is 15.7. The third-order valence-electron chi connectivity index (χ3n) is 3.96. The zero-order valence-corrected chi connectivity index (χ0v) is 13.9. The number of anilines is 2. The monoisotopic (exact) mass is 316 g/mol. The SMILES string of the molecule is CC(C)(C)c1cc(CNc2nccc(N3CC[C@H](O)C3)n2)[nH]n1. The van der Waals surface area contributed by atoms with Crippen LogP contribution in [0.3, 0.4) is 0 Å². The Morgan fingerprint density at radius 2 is 2.26 bits per heavy atom. The summed E-state index contributed by atoms with van der Waals surface area (Å²) in [5, 5.41) is 20.2. The Labute approximate surface area is 136 Å². The maximum Gasteiger partial charge on any atom is 0.224 e. The molecule has 0 saturated carbocycles. The topological polar surface area (TPSA) is 90.0 Å². The van der Waals surface area contributed by atoms with Crippen LogP contribution in [0.5, 0.6) is 0 Å². The van der Waals surface area contributed by atoms with Gasteiger partial charge < -0.3 is 15.3 Å². The fourth-order valence-electron chi connectivity index (χ4n) is 2.57. The van der Waals surface area contributed by atoms with Crippen molar-refractivity contribution in [1.29, 1.82) is 0 Å². The van der Waals surface area contributed by atoms with Gasteiger partial charge in [0.15, 0.2) is 0 Å².